The molecule has 0 unspecified atom stereocenters. The largest absolute Gasteiger partial charge is 0.439 e. The van der Waals surface area contributed by atoms with Gasteiger partial charge in [-0.2, -0.15) is 0 Å². The Labute approximate surface area is 126 Å². The second kappa shape index (κ2) is 6.55. The van der Waals surface area contributed by atoms with Gasteiger partial charge in [0.25, 0.3) is 0 Å². The van der Waals surface area contributed by atoms with E-state index in [0.29, 0.717) is 23.4 Å². The smallest absolute Gasteiger partial charge is 0.208 e. The molecule has 102 valence electrons. The normalized spacial score (nSPS) is 11.2. The SMILES string of the molecule is CC(C)CNCc1ncc(-c2cc(Cl)cc(Br)c2)o1. The summed E-state index contributed by atoms with van der Waals surface area (Å²) < 4.78 is 6.63. The second-order valence-electron chi connectivity index (χ2n) is 4.80. The summed E-state index contributed by atoms with van der Waals surface area (Å²) in [6.07, 6.45) is 1.73. The first-order chi connectivity index (χ1) is 9.04. The van der Waals surface area contributed by atoms with Gasteiger partial charge in [0.05, 0.1) is 12.7 Å². The van der Waals surface area contributed by atoms with Gasteiger partial charge >= 0.3 is 0 Å². The minimum Gasteiger partial charge on any atom is -0.439 e. The summed E-state index contributed by atoms with van der Waals surface area (Å²) in [6, 6.07) is 5.66. The lowest BCUT2D eigenvalue weighted by atomic mass is 10.2. The predicted molar refractivity (Wildman–Crippen MR) is 81.2 cm³/mol. The highest BCUT2D eigenvalue weighted by Crippen LogP contribution is 2.27. The molecule has 2 rings (SSSR count). The first-order valence-electron chi connectivity index (χ1n) is 6.16. The molecule has 1 N–H and O–H groups in total. The van der Waals surface area contributed by atoms with Crippen LogP contribution in [0.15, 0.2) is 33.3 Å². The molecule has 2 aromatic rings. The summed E-state index contributed by atoms with van der Waals surface area (Å²) in [5.41, 5.74) is 0.919. The number of benzene rings is 1. The highest BCUT2D eigenvalue weighted by molar-refractivity contribution is 9.10. The molecule has 0 bridgehead atoms. The number of hydrogen-bond donors (Lipinski definition) is 1. The van der Waals surface area contributed by atoms with E-state index in [1.165, 1.54) is 0 Å². The van der Waals surface area contributed by atoms with E-state index in [-0.39, 0.29) is 0 Å². The van der Waals surface area contributed by atoms with Crippen LogP contribution in [0.25, 0.3) is 11.3 Å². The minimum absolute atomic E-state index is 0.610. The average molecular weight is 344 g/mol. The maximum Gasteiger partial charge on any atom is 0.208 e. The van der Waals surface area contributed by atoms with Crippen molar-refractivity contribution in [1.29, 1.82) is 0 Å². The Kier molecular flexibility index (Phi) is 5.02. The first-order valence-corrected chi connectivity index (χ1v) is 7.33. The lowest BCUT2D eigenvalue weighted by Crippen LogP contribution is -2.18. The third-order valence-corrected chi connectivity index (χ3v) is 3.21. The molecule has 19 heavy (non-hydrogen) atoms. The number of halogens is 2. The summed E-state index contributed by atoms with van der Waals surface area (Å²) in [5, 5.41) is 3.96. The Morgan fingerprint density at radius 3 is 2.84 bits per heavy atom. The van der Waals surface area contributed by atoms with Gasteiger partial charge in [0, 0.05) is 15.1 Å². The van der Waals surface area contributed by atoms with Crippen LogP contribution in [0, 0.1) is 5.92 Å². The lowest BCUT2D eigenvalue weighted by molar-refractivity contribution is 0.459. The third kappa shape index (κ3) is 4.34. The van der Waals surface area contributed by atoms with Gasteiger partial charge in [0.15, 0.2) is 5.76 Å². The summed E-state index contributed by atoms with van der Waals surface area (Å²) >= 11 is 9.44. The molecule has 0 saturated heterocycles. The predicted octanol–water partition coefficient (Wildman–Crippen LogP) is 4.50. The van der Waals surface area contributed by atoms with Crippen molar-refractivity contribution < 1.29 is 4.42 Å². The fraction of sp³-hybridized carbons (Fsp3) is 0.357. The maximum atomic E-state index is 6.02. The topological polar surface area (TPSA) is 38.1 Å². The van der Waals surface area contributed by atoms with E-state index in [1.807, 2.05) is 18.2 Å². The van der Waals surface area contributed by atoms with Crippen LogP contribution < -0.4 is 5.32 Å². The number of aromatic nitrogens is 1. The van der Waals surface area contributed by atoms with E-state index in [1.54, 1.807) is 6.20 Å². The molecular formula is C14H16BrClN2O. The molecule has 0 fully saturated rings. The van der Waals surface area contributed by atoms with Gasteiger partial charge in [0.2, 0.25) is 5.89 Å². The first kappa shape index (κ1) is 14.6. The molecule has 3 nitrogen and oxygen atoms in total. The van der Waals surface area contributed by atoms with Crippen molar-refractivity contribution in [3.63, 3.8) is 0 Å². The molecule has 5 heteroatoms. The Morgan fingerprint density at radius 2 is 2.16 bits per heavy atom. The summed E-state index contributed by atoms with van der Waals surface area (Å²) in [4.78, 5) is 4.26. The molecule has 0 aliphatic carbocycles. The van der Waals surface area contributed by atoms with Crippen molar-refractivity contribution >= 4 is 27.5 Å². The molecule has 1 aromatic carbocycles. The zero-order valence-corrected chi connectivity index (χ0v) is 13.3. The van der Waals surface area contributed by atoms with Crippen LogP contribution in [0.3, 0.4) is 0 Å². The lowest BCUT2D eigenvalue weighted by Gasteiger charge is -2.04. The van der Waals surface area contributed by atoms with Crippen LogP contribution in [0.5, 0.6) is 0 Å². The third-order valence-electron chi connectivity index (χ3n) is 2.53. The van der Waals surface area contributed by atoms with Crippen molar-refractivity contribution in [2.24, 2.45) is 5.92 Å². The Morgan fingerprint density at radius 1 is 1.37 bits per heavy atom. The van der Waals surface area contributed by atoms with Crippen LogP contribution >= 0.6 is 27.5 Å². The van der Waals surface area contributed by atoms with E-state index in [9.17, 15) is 0 Å². The molecule has 0 atom stereocenters. The molecule has 1 heterocycles. The van der Waals surface area contributed by atoms with Gasteiger partial charge in [0.1, 0.15) is 0 Å². The van der Waals surface area contributed by atoms with Gasteiger partial charge in [-0.15, -0.1) is 0 Å². The quantitative estimate of drug-likeness (QED) is 0.868. The molecular weight excluding hydrogens is 328 g/mol. The molecule has 1 aromatic heterocycles. The van der Waals surface area contributed by atoms with Gasteiger partial charge in [-0.3, -0.25) is 0 Å². The van der Waals surface area contributed by atoms with E-state index in [2.05, 4.69) is 40.1 Å². The van der Waals surface area contributed by atoms with Crippen LogP contribution in [0.1, 0.15) is 19.7 Å². The van der Waals surface area contributed by atoms with Crippen molar-refractivity contribution in [3.8, 4) is 11.3 Å². The molecule has 0 radical (unpaired) electrons. The van der Waals surface area contributed by atoms with E-state index < -0.39 is 0 Å². The molecule has 0 aliphatic rings. The van der Waals surface area contributed by atoms with Gasteiger partial charge < -0.3 is 9.73 Å². The van der Waals surface area contributed by atoms with Crippen molar-refractivity contribution in [1.82, 2.24) is 10.3 Å². The van der Waals surface area contributed by atoms with Crippen molar-refractivity contribution in [3.05, 3.63) is 39.8 Å². The Bertz CT molecular complexity index is 534. The Hall–Kier alpha value is -0.840. The zero-order valence-electron chi connectivity index (χ0n) is 10.9. The molecule has 0 saturated carbocycles. The Balaban J connectivity index is 2.07. The highest BCUT2D eigenvalue weighted by atomic mass is 79.9. The average Bonchev–Trinajstić information content (AvgIpc) is 2.76. The van der Waals surface area contributed by atoms with Crippen LogP contribution in [-0.2, 0) is 6.54 Å². The van der Waals surface area contributed by atoms with Crippen LogP contribution in [0.2, 0.25) is 5.02 Å². The van der Waals surface area contributed by atoms with Crippen LogP contribution in [0.4, 0.5) is 0 Å². The van der Waals surface area contributed by atoms with E-state index in [0.717, 1.165) is 22.3 Å². The number of oxazole rings is 1. The number of nitrogens with zero attached hydrogens (tertiary/aromatic N) is 1. The fourth-order valence-electron chi connectivity index (χ4n) is 1.69. The van der Waals surface area contributed by atoms with Gasteiger partial charge in [-0.25, -0.2) is 4.98 Å². The van der Waals surface area contributed by atoms with Gasteiger partial charge in [-0.05, 0) is 30.7 Å². The molecule has 0 amide bonds. The number of hydrogen-bond acceptors (Lipinski definition) is 3. The molecule has 0 spiro atoms. The highest BCUT2D eigenvalue weighted by Gasteiger charge is 2.08. The van der Waals surface area contributed by atoms with Crippen molar-refractivity contribution in [2.75, 3.05) is 6.54 Å². The second-order valence-corrected chi connectivity index (χ2v) is 6.15. The summed E-state index contributed by atoms with van der Waals surface area (Å²) in [7, 11) is 0. The minimum atomic E-state index is 0.610. The summed E-state index contributed by atoms with van der Waals surface area (Å²) in [5.74, 6) is 2.02. The molecule has 0 aliphatic heterocycles. The monoisotopic (exact) mass is 342 g/mol. The fourth-order valence-corrected chi connectivity index (χ4v) is 2.55. The number of nitrogens with one attached hydrogen (secondary N) is 1. The van der Waals surface area contributed by atoms with Crippen molar-refractivity contribution in [2.45, 2.75) is 20.4 Å². The summed E-state index contributed by atoms with van der Waals surface area (Å²) in [6.45, 7) is 5.91. The van der Waals surface area contributed by atoms with Crippen LogP contribution in [-0.4, -0.2) is 11.5 Å². The number of rotatable bonds is 5. The van der Waals surface area contributed by atoms with E-state index in [4.69, 9.17) is 16.0 Å². The zero-order chi connectivity index (χ0) is 13.8. The van der Waals surface area contributed by atoms with Gasteiger partial charge in [-0.1, -0.05) is 41.4 Å². The maximum absolute atomic E-state index is 6.02. The van der Waals surface area contributed by atoms with E-state index >= 15 is 0 Å². The standard InChI is InChI=1S/C14H16BrClN2O/c1-9(2)6-17-8-14-18-7-13(19-14)10-3-11(15)5-12(16)4-10/h3-5,7,9,17H,6,8H2,1-2H3.